The first kappa shape index (κ1) is 16.8. The summed E-state index contributed by atoms with van der Waals surface area (Å²) in [4.78, 5) is 14.7. The van der Waals surface area contributed by atoms with Crippen molar-refractivity contribution in [1.29, 1.82) is 0 Å². The van der Waals surface area contributed by atoms with Gasteiger partial charge in [0.15, 0.2) is 0 Å². The van der Waals surface area contributed by atoms with E-state index in [4.69, 9.17) is 0 Å². The summed E-state index contributed by atoms with van der Waals surface area (Å²) >= 11 is 0. The zero-order valence-electron chi connectivity index (χ0n) is 13.8. The Labute approximate surface area is 130 Å². The standard InChI is InChI=1S/C17H33N3O/c1-18-17(9-5-4-6-10-17)15-16(21)19-11-14-20-12-7-2-3-8-13-20/h18H,2-15H2,1H3,(H,19,21). The topological polar surface area (TPSA) is 44.4 Å². The van der Waals surface area contributed by atoms with Crippen LogP contribution in [0.4, 0.5) is 0 Å². The second-order valence-electron chi connectivity index (χ2n) is 6.87. The lowest BCUT2D eigenvalue weighted by molar-refractivity contribution is -0.122. The summed E-state index contributed by atoms with van der Waals surface area (Å²) < 4.78 is 0. The van der Waals surface area contributed by atoms with Crippen LogP contribution in [-0.4, -0.2) is 49.6 Å². The molecule has 2 rings (SSSR count). The second kappa shape index (κ2) is 8.74. The first-order valence-corrected chi connectivity index (χ1v) is 8.92. The molecular weight excluding hydrogens is 262 g/mol. The van der Waals surface area contributed by atoms with Crippen molar-refractivity contribution in [2.45, 2.75) is 69.7 Å². The Balaban J connectivity index is 1.66. The lowest BCUT2D eigenvalue weighted by atomic mass is 9.79. The predicted molar refractivity (Wildman–Crippen MR) is 87.4 cm³/mol. The van der Waals surface area contributed by atoms with E-state index in [2.05, 4.69) is 15.5 Å². The summed E-state index contributed by atoms with van der Waals surface area (Å²) in [6.07, 6.45) is 12.1. The fraction of sp³-hybridized carbons (Fsp3) is 0.941. The minimum Gasteiger partial charge on any atom is -0.355 e. The zero-order chi connectivity index (χ0) is 15.0. The van der Waals surface area contributed by atoms with Crippen LogP contribution in [0.5, 0.6) is 0 Å². The third-order valence-corrected chi connectivity index (χ3v) is 5.29. The molecule has 0 atom stereocenters. The quantitative estimate of drug-likeness (QED) is 0.790. The van der Waals surface area contributed by atoms with Crippen molar-refractivity contribution in [3.8, 4) is 0 Å². The van der Waals surface area contributed by atoms with Crippen LogP contribution in [0.2, 0.25) is 0 Å². The summed E-state index contributed by atoms with van der Waals surface area (Å²) in [5.74, 6) is 0.223. The molecule has 0 spiro atoms. The maximum atomic E-state index is 12.2. The molecular formula is C17H33N3O. The predicted octanol–water partition coefficient (Wildman–Crippen LogP) is 2.29. The number of hydrogen-bond acceptors (Lipinski definition) is 3. The number of carbonyl (C=O) groups excluding carboxylic acids is 1. The molecule has 2 N–H and O–H groups in total. The normalized spacial score (nSPS) is 23.5. The van der Waals surface area contributed by atoms with Crippen molar-refractivity contribution >= 4 is 5.91 Å². The van der Waals surface area contributed by atoms with E-state index in [9.17, 15) is 4.79 Å². The van der Waals surface area contributed by atoms with Gasteiger partial charge in [0.05, 0.1) is 0 Å². The van der Waals surface area contributed by atoms with Crippen LogP contribution in [0.3, 0.4) is 0 Å². The molecule has 0 unspecified atom stereocenters. The van der Waals surface area contributed by atoms with Gasteiger partial charge in [0.2, 0.25) is 5.91 Å². The van der Waals surface area contributed by atoms with Gasteiger partial charge in [-0.25, -0.2) is 0 Å². The molecule has 122 valence electrons. The van der Waals surface area contributed by atoms with Gasteiger partial charge in [-0.2, -0.15) is 0 Å². The minimum atomic E-state index is 0.0605. The molecule has 2 fully saturated rings. The number of hydrogen-bond donors (Lipinski definition) is 2. The van der Waals surface area contributed by atoms with Crippen molar-refractivity contribution in [2.24, 2.45) is 0 Å². The highest BCUT2D eigenvalue weighted by Gasteiger charge is 2.32. The summed E-state index contributed by atoms with van der Waals surface area (Å²) in [7, 11) is 2.01. The first-order chi connectivity index (χ1) is 10.2. The smallest absolute Gasteiger partial charge is 0.221 e. The van der Waals surface area contributed by atoms with Crippen LogP contribution < -0.4 is 10.6 Å². The third kappa shape index (κ3) is 5.59. The third-order valence-electron chi connectivity index (χ3n) is 5.29. The summed E-state index contributed by atoms with van der Waals surface area (Å²) in [5.41, 5.74) is 0.0605. The Bertz CT molecular complexity index is 305. The highest BCUT2D eigenvalue weighted by Crippen LogP contribution is 2.30. The van der Waals surface area contributed by atoms with E-state index in [0.717, 1.165) is 25.9 Å². The van der Waals surface area contributed by atoms with E-state index in [-0.39, 0.29) is 11.4 Å². The van der Waals surface area contributed by atoms with Gasteiger partial charge in [0.1, 0.15) is 0 Å². The molecule has 0 aromatic carbocycles. The van der Waals surface area contributed by atoms with Crippen LogP contribution in [-0.2, 0) is 4.79 Å². The molecule has 1 heterocycles. The molecule has 0 aromatic rings. The lowest BCUT2D eigenvalue weighted by Crippen LogP contribution is -2.48. The van der Waals surface area contributed by atoms with Gasteiger partial charge in [-0.3, -0.25) is 4.79 Å². The molecule has 1 amide bonds. The molecule has 2 aliphatic rings. The molecule has 1 saturated carbocycles. The Kier molecular flexibility index (Phi) is 6.97. The Hall–Kier alpha value is -0.610. The minimum absolute atomic E-state index is 0.0605. The number of carbonyl (C=O) groups is 1. The van der Waals surface area contributed by atoms with Gasteiger partial charge in [0, 0.05) is 25.0 Å². The van der Waals surface area contributed by atoms with Crippen molar-refractivity contribution in [2.75, 3.05) is 33.2 Å². The number of nitrogens with one attached hydrogen (secondary N) is 2. The highest BCUT2D eigenvalue weighted by atomic mass is 16.1. The molecule has 1 saturated heterocycles. The van der Waals surface area contributed by atoms with Crippen LogP contribution in [0.15, 0.2) is 0 Å². The van der Waals surface area contributed by atoms with Crippen LogP contribution in [0.25, 0.3) is 0 Å². The van der Waals surface area contributed by atoms with Crippen molar-refractivity contribution in [3.63, 3.8) is 0 Å². The first-order valence-electron chi connectivity index (χ1n) is 8.92. The van der Waals surface area contributed by atoms with Crippen molar-refractivity contribution < 1.29 is 4.79 Å². The molecule has 0 radical (unpaired) electrons. The summed E-state index contributed by atoms with van der Waals surface area (Å²) in [6, 6.07) is 0. The van der Waals surface area contributed by atoms with Crippen molar-refractivity contribution in [3.05, 3.63) is 0 Å². The van der Waals surface area contributed by atoms with E-state index in [1.807, 2.05) is 7.05 Å². The van der Waals surface area contributed by atoms with E-state index in [1.165, 1.54) is 58.0 Å². The molecule has 1 aliphatic carbocycles. The van der Waals surface area contributed by atoms with E-state index in [1.54, 1.807) is 0 Å². The molecule has 21 heavy (non-hydrogen) atoms. The van der Waals surface area contributed by atoms with Crippen LogP contribution in [0, 0.1) is 0 Å². The van der Waals surface area contributed by atoms with Gasteiger partial charge in [-0.15, -0.1) is 0 Å². The van der Waals surface area contributed by atoms with E-state index >= 15 is 0 Å². The van der Waals surface area contributed by atoms with Gasteiger partial charge < -0.3 is 15.5 Å². The molecule has 1 aliphatic heterocycles. The number of rotatable bonds is 6. The van der Waals surface area contributed by atoms with Gasteiger partial charge >= 0.3 is 0 Å². The number of nitrogens with zero attached hydrogens (tertiary/aromatic N) is 1. The Morgan fingerprint density at radius 1 is 1.00 bits per heavy atom. The SMILES string of the molecule is CNC1(CC(=O)NCCN2CCCCCC2)CCCCC1. The van der Waals surface area contributed by atoms with Gasteiger partial charge in [-0.05, 0) is 45.8 Å². The lowest BCUT2D eigenvalue weighted by Gasteiger charge is -2.36. The zero-order valence-corrected chi connectivity index (χ0v) is 13.8. The van der Waals surface area contributed by atoms with E-state index < -0.39 is 0 Å². The van der Waals surface area contributed by atoms with Crippen LogP contribution in [0.1, 0.15) is 64.2 Å². The largest absolute Gasteiger partial charge is 0.355 e. The molecule has 4 nitrogen and oxygen atoms in total. The maximum absolute atomic E-state index is 12.2. The van der Waals surface area contributed by atoms with Crippen molar-refractivity contribution in [1.82, 2.24) is 15.5 Å². The van der Waals surface area contributed by atoms with Gasteiger partial charge in [0.25, 0.3) is 0 Å². The van der Waals surface area contributed by atoms with E-state index in [0.29, 0.717) is 6.42 Å². The second-order valence-corrected chi connectivity index (χ2v) is 6.87. The van der Waals surface area contributed by atoms with Crippen LogP contribution >= 0.6 is 0 Å². The highest BCUT2D eigenvalue weighted by molar-refractivity contribution is 5.77. The fourth-order valence-electron chi connectivity index (χ4n) is 3.83. The van der Waals surface area contributed by atoms with Gasteiger partial charge in [-0.1, -0.05) is 32.1 Å². The molecule has 0 aromatic heterocycles. The molecule has 4 heteroatoms. The number of likely N-dealkylation sites (tertiary alicyclic amines) is 1. The Morgan fingerprint density at radius 3 is 2.24 bits per heavy atom. The average molecular weight is 295 g/mol. The Morgan fingerprint density at radius 2 is 1.62 bits per heavy atom. The maximum Gasteiger partial charge on any atom is 0.221 e. The summed E-state index contributed by atoms with van der Waals surface area (Å²) in [5, 5.41) is 6.56. The monoisotopic (exact) mass is 295 g/mol. The number of amides is 1. The fourth-order valence-corrected chi connectivity index (χ4v) is 3.83. The average Bonchev–Trinajstić information content (AvgIpc) is 2.77. The molecule has 0 bridgehead atoms. The summed E-state index contributed by atoms with van der Waals surface area (Å²) in [6.45, 7) is 4.23.